The lowest BCUT2D eigenvalue weighted by atomic mass is 9.90. The number of rotatable bonds is 5. The first-order valence-electron chi connectivity index (χ1n) is 11.5. The van der Waals surface area contributed by atoms with Crippen LogP contribution in [0.2, 0.25) is 0 Å². The SMILES string of the molecule is Cc1ccc(C(=O)N2CC(c3ccc(C#N)cc3)C2)cc1/C(N)=C(\C#N)N=CC1(O)CCOCC1.[HH].[HH]. The highest BCUT2D eigenvalue weighted by molar-refractivity contribution is 5.96. The molecule has 2 aliphatic heterocycles. The molecule has 4 rings (SSSR count). The van der Waals surface area contributed by atoms with Gasteiger partial charge in [0.25, 0.3) is 5.91 Å². The number of likely N-dealkylation sites (tertiary alicyclic amines) is 1. The number of benzene rings is 2. The highest BCUT2D eigenvalue weighted by atomic mass is 16.5. The molecular weight excluding hydrogens is 442 g/mol. The van der Waals surface area contributed by atoms with Crippen molar-refractivity contribution in [2.24, 2.45) is 10.7 Å². The van der Waals surface area contributed by atoms with E-state index in [0.717, 1.165) is 11.1 Å². The van der Waals surface area contributed by atoms with Gasteiger partial charge in [0.05, 0.1) is 17.3 Å². The Bertz CT molecular complexity index is 1270. The van der Waals surface area contributed by atoms with E-state index in [0.29, 0.717) is 55.8 Å². The van der Waals surface area contributed by atoms with Crippen molar-refractivity contribution in [3.63, 3.8) is 0 Å². The summed E-state index contributed by atoms with van der Waals surface area (Å²) in [7, 11) is 0. The summed E-state index contributed by atoms with van der Waals surface area (Å²) in [6, 6.07) is 16.8. The van der Waals surface area contributed by atoms with Gasteiger partial charge in [0.2, 0.25) is 0 Å². The third-order valence-corrected chi connectivity index (χ3v) is 6.61. The molecule has 8 nitrogen and oxygen atoms in total. The molecule has 3 N–H and O–H groups in total. The first-order chi connectivity index (χ1) is 16.8. The molecule has 1 amide bonds. The van der Waals surface area contributed by atoms with Crippen LogP contribution in [0.5, 0.6) is 0 Å². The van der Waals surface area contributed by atoms with Crippen LogP contribution in [0.1, 0.15) is 54.2 Å². The molecule has 2 aromatic rings. The predicted molar refractivity (Wildman–Crippen MR) is 135 cm³/mol. The predicted octanol–water partition coefficient (Wildman–Crippen LogP) is 3.36. The van der Waals surface area contributed by atoms with Crippen molar-refractivity contribution in [2.45, 2.75) is 31.3 Å². The summed E-state index contributed by atoms with van der Waals surface area (Å²) >= 11 is 0. The number of carbonyl (C=O) groups excluding carboxylic acids is 1. The van der Waals surface area contributed by atoms with E-state index in [4.69, 9.17) is 15.7 Å². The van der Waals surface area contributed by atoms with Crippen LogP contribution in [0, 0.1) is 29.6 Å². The zero-order valence-corrected chi connectivity index (χ0v) is 19.6. The molecule has 0 aliphatic carbocycles. The van der Waals surface area contributed by atoms with E-state index < -0.39 is 5.60 Å². The normalized spacial score (nSPS) is 18.3. The van der Waals surface area contributed by atoms with Crippen molar-refractivity contribution in [3.05, 3.63) is 76.0 Å². The quantitative estimate of drug-likeness (QED) is 0.505. The number of hydrogen-bond acceptors (Lipinski definition) is 7. The van der Waals surface area contributed by atoms with Gasteiger partial charge in [-0.3, -0.25) is 4.79 Å². The highest BCUT2D eigenvalue weighted by Gasteiger charge is 2.32. The lowest BCUT2D eigenvalue weighted by molar-refractivity contribution is -0.0171. The molecule has 8 heteroatoms. The fraction of sp³-hybridized carbons (Fsp3) is 0.333. The van der Waals surface area contributed by atoms with E-state index in [1.54, 1.807) is 35.2 Å². The van der Waals surface area contributed by atoms with Gasteiger partial charge in [-0.05, 0) is 42.3 Å². The Labute approximate surface area is 207 Å². The highest BCUT2D eigenvalue weighted by Crippen LogP contribution is 2.30. The summed E-state index contributed by atoms with van der Waals surface area (Å²) in [6.07, 6.45) is 2.17. The second-order valence-corrected chi connectivity index (χ2v) is 9.02. The van der Waals surface area contributed by atoms with E-state index in [1.807, 2.05) is 25.1 Å². The number of nitrogens with zero attached hydrogens (tertiary/aromatic N) is 4. The van der Waals surface area contributed by atoms with Gasteiger partial charge in [-0.15, -0.1) is 0 Å². The van der Waals surface area contributed by atoms with E-state index >= 15 is 0 Å². The van der Waals surface area contributed by atoms with E-state index in [2.05, 4.69) is 11.1 Å². The van der Waals surface area contributed by atoms with Crippen LogP contribution >= 0.6 is 0 Å². The second-order valence-electron chi connectivity index (χ2n) is 9.02. The molecule has 0 unspecified atom stereocenters. The first-order valence-corrected chi connectivity index (χ1v) is 11.5. The van der Waals surface area contributed by atoms with Crippen molar-refractivity contribution < 1.29 is 17.5 Å². The molecule has 2 aromatic carbocycles. The van der Waals surface area contributed by atoms with Crippen LogP contribution in [-0.2, 0) is 4.74 Å². The summed E-state index contributed by atoms with van der Waals surface area (Å²) in [6.45, 7) is 3.89. The molecule has 0 atom stereocenters. The van der Waals surface area contributed by atoms with Crippen LogP contribution in [0.15, 0.2) is 53.2 Å². The van der Waals surface area contributed by atoms with Crippen LogP contribution < -0.4 is 5.73 Å². The van der Waals surface area contributed by atoms with Gasteiger partial charge in [0.1, 0.15) is 11.7 Å². The Morgan fingerprint density at radius 2 is 1.91 bits per heavy atom. The van der Waals surface area contributed by atoms with E-state index in [1.165, 1.54) is 6.21 Å². The maximum absolute atomic E-state index is 13.1. The average Bonchev–Trinajstić information content (AvgIpc) is 2.84. The molecule has 0 spiro atoms. The lowest BCUT2D eigenvalue weighted by Crippen LogP contribution is -2.48. The summed E-state index contributed by atoms with van der Waals surface area (Å²) < 4.78 is 5.27. The number of aliphatic hydroxyl groups is 1. The van der Waals surface area contributed by atoms with Gasteiger partial charge in [-0.1, -0.05) is 18.2 Å². The van der Waals surface area contributed by atoms with Gasteiger partial charge in [0.15, 0.2) is 5.70 Å². The maximum atomic E-state index is 13.1. The Kier molecular flexibility index (Phi) is 6.97. The summed E-state index contributed by atoms with van der Waals surface area (Å²) in [5.74, 6) is 0.125. The molecule has 0 saturated carbocycles. The van der Waals surface area contributed by atoms with Crippen molar-refractivity contribution in [1.29, 1.82) is 10.5 Å². The maximum Gasteiger partial charge on any atom is 0.253 e. The Morgan fingerprint density at radius 3 is 2.54 bits per heavy atom. The first kappa shape index (κ1) is 24.2. The zero-order chi connectivity index (χ0) is 25.0. The Balaban J connectivity index is 0.00000241. The average molecular weight is 474 g/mol. The molecule has 2 fully saturated rings. The molecule has 182 valence electrons. The number of aryl methyl sites for hydroxylation is 1. The second kappa shape index (κ2) is 10.1. The third-order valence-electron chi connectivity index (χ3n) is 6.61. The third kappa shape index (κ3) is 5.25. The zero-order valence-electron chi connectivity index (χ0n) is 19.6. The largest absolute Gasteiger partial charge is 0.396 e. The fourth-order valence-corrected chi connectivity index (χ4v) is 4.24. The minimum absolute atomic E-state index is 0. The Morgan fingerprint density at radius 1 is 1.23 bits per heavy atom. The Hall–Kier alpha value is -3.98. The summed E-state index contributed by atoms with van der Waals surface area (Å²) in [4.78, 5) is 19.1. The monoisotopic (exact) mass is 473 g/mol. The smallest absolute Gasteiger partial charge is 0.253 e. The number of amides is 1. The number of carbonyl (C=O) groups is 1. The van der Waals surface area contributed by atoms with Crippen molar-refractivity contribution in [3.8, 4) is 12.1 Å². The van der Waals surface area contributed by atoms with Gasteiger partial charge in [-0.25, -0.2) is 4.99 Å². The fourth-order valence-electron chi connectivity index (χ4n) is 4.24. The standard InChI is InChI=1S/C27H27N5O3.2H2/c1-18-2-5-21(26(33)32-15-22(16-32)20-6-3-19(13-28)4-7-20)12-23(18)25(30)24(14-29)31-17-27(34)8-10-35-11-9-27;;/h2-7,12,17,22,34H,8-11,15-16,30H2,1H3;2*1H/b25-24-,31-17?;;. The molecule has 2 saturated heterocycles. The number of allylic oxidation sites excluding steroid dienone is 1. The topological polar surface area (TPSA) is 136 Å². The van der Waals surface area contributed by atoms with Crippen LogP contribution in [-0.4, -0.2) is 54.0 Å². The number of ether oxygens (including phenoxy) is 1. The number of hydrogen-bond donors (Lipinski definition) is 2. The van der Waals surface area contributed by atoms with Gasteiger partial charge in [-0.2, -0.15) is 10.5 Å². The van der Waals surface area contributed by atoms with E-state index in [9.17, 15) is 15.2 Å². The van der Waals surface area contributed by atoms with Crippen LogP contribution in [0.3, 0.4) is 0 Å². The molecule has 35 heavy (non-hydrogen) atoms. The summed E-state index contributed by atoms with van der Waals surface area (Å²) in [5, 5.41) is 29.2. The van der Waals surface area contributed by atoms with E-state index in [-0.39, 0.29) is 26.1 Å². The van der Waals surface area contributed by atoms with Gasteiger partial charge < -0.3 is 20.5 Å². The van der Waals surface area contributed by atoms with Gasteiger partial charge >= 0.3 is 0 Å². The number of nitrogens with two attached hydrogens (primary N) is 1. The van der Waals surface area contributed by atoms with Crippen LogP contribution in [0.25, 0.3) is 5.70 Å². The van der Waals surface area contributed by atoms with Crippen molar-refractivity contribution >= 4 is 17.8 Å². The summed E-state index contributed by atoms with van der Waals surface area (Å²) in [5.41, 5.74) is 8.90. The number of nitriles is 2. The lowest BCUT2D eigenvalue weighted by Gasteiger charge is -2.39. The number of aliphatic imine (C=N–C) groups is 1. The molecule has 0 radical (unpaired) electrons. The molecule has 0 bridgehead atoms. The minimum Gasteiger partial charge on any atom is -0.396 e. The van der Waals surface area contributed by atoms with Crippen LogP contribution in [0.4, 0.5) is 0 Å². The molecule has 0 aromatic heterocycles. The van der Waals surface area contributed by atoms with Gasteiger partial charge in [0, 0.05) is 65.3 Å². The van der Waals surface area contributed by atoms with Crippen molar-refractivity contribution in [2.75, 3.05) is 26.3 Å². The molecule has 2 heterocycles. The minimum atomic E-state index is -1.13. The molecular formula is C27H31N5O3. The molecule has 2 aliphatic rings. The van der Waals surface area contributed by atoms with Crippen molar-refractivity contribution in [1.82, 2.24) is 4.90 Å².